The van der Waals surface area contributed by atoms with Crippen LogP contribution in [-0.2, 0) is 6.54 Å². The number of methoxy groups -OCH3 is 1. The van der Waals surface area contributed by atoms with Crippen LogP contribution in [0.5, 0.6) is 11.5 Å². The molecule has 0 heterocycles. The number of guanidine groups is 1. The first kappa shape index (κ1) is 14.2. The molecule has 0 spiro atoms. The van der Waals surface area contributed by atoms with Crippen molar-refractivity contribution in [1.82, 2.24) is 9.80 Å². The number of hydrogen-bond acceptors (Lipinski definition) is 3. The molecule has 0 radical (unpaired) electrons. The van der Waals surface area contributed by atoms with Crippen LogP contribution in [-0.4, -0.2) is 56.2 Å². The monoisotopic (exact) mass is 251 g/mol. The fraction of sp³-hybridized carbons (Fsp3) is 0.462. The van der Waals surface area contributed by atoms with Gasteiger partial charge in [-0.25, -0.2) is 4.99 Å². The van der Waals surface area contributed by atoms with Gasteiger partial charge in [-0.15, -0.1) is 0 Å². The van der Waals surface area contributed by atoms with Gasteiger partial charge in [-0.3, -0.25) is 0 Å². The Bertz CT molecular complexity index is 418. The lowest BCUT2D eigenvalue weighted by Gasteiger charge is -2.22. The van der Waals surface area contributed by atoms with Crippen molar-refractivity contribution >= 4 is 5.96 Å². The number of nitrogens with zero attached hydrogens (tertiary/aromatic N) is 3. The molecule has 0 atom stereocenters. The van der Waals surface area contributed by atoms with Crippen LogP contribution in [0.2, 0.25) is 0 Å². The highest BCUT2D eigenvalue weighted by molar-refractivity contribution is 5.79. The molecule has 1 aromatic carbocycles. The summed E-state index contributed by atoms with van der Waals surface area (Å²) >= 11 is 0. The zero-order valence-electron chi connectivity index (χ0n) is 11.6. The van der Waals surface area contributed by atoms with Gasteiger partial charge in [-0.1, -0.05) is 0 Å². The molecule has 0 amide bonds. The average molecular weight is 251 g/mol. The van der Waals surface area contributed by atoms with Gasteiger partial charge < -0.3 is 19.6 Å². The zero-order chi connectivity index (χ0) is 13.7. The van der Waals surface area contributed by atoms with Crippen molar-refractivity contribution in [3.8, 4) is 11.5 Å². The summed E-state index contributed by atoms with van der Waals surface area (Å²) in [5, 5.41) is 9.77. The Kier molecular flexibility index (Phi) is 4.83. The minimum atomic E-state index is 0.233. The van der Waals surface area contributed by atoms with Crippen LogP contribution in [0.3, 0.4) is 0 Å². The van der Waals surface area contributed by atoms with E-state index in [1.165, 1.54) is 0 Å². The Labute approximate surface area is 108 Å². The van der Waals surface area contributed by atoms with Crippen molar-refractivity contribution in [2.24, 2.45) is 4.99 Å². The van der Waals surface area contributed by atoms with Crippen LogP contribution in [0.15, 0.2) is 23.2 Å². The first-order chi connectivity index (χ1) is 8.45. The first-order valence-electron chi connectivity index (χ1n) is 5.70. The van der Waals surface area contributed by atoms with Crippen LogP contribution < -0.4 is 4.74 Å². The number of ether oxygens (including phenoxy) is 1. The van der Waals surface area contributed by atoms with E-state index in [2.05, 4.69) is 4.99 Å². The summed E-state index contributed by atoms with van der Waals surface area (Å²) in [6.07, 6.45) is 0. The van der Waals surface area contributed by atoms with Gasteiger partial charge in [-0.05, 0) is 18.2 Å². The Balaban J connectivity index is 2.93. The van der Waals surface area contributed by atoms with Crippen LogP contribution in [0.25, 0.3) is 0 Å². The predicted octanol–water partition coefficient (Wildman–Crippen LogP) is 1.38. The summed E-state index contributed by atoms with van der Waals surface area (Å²) in [6.45, 7) is 0.411. The Morgan fingerprint density at radius 3 is 2.33 bits per heavy atom. The summed E-state index contributed by atoms with van der Waals surface area (Å²) in [6, 6.07) is 5.14. The lowest BCUT2D eigenvalue weighted by molar-refractivity contribution is 0.410. The van der Waals surface area contributed by atoms with E-state index < -0.39 is 0 Å². The second kappa shape index (κ2) is 6.14. The molecule has 0 aliphatic carbocycles. The van der Waals surface area contributed by atoms with E-state index in [1.54, 1.807) is 25.3 Å². The molecule has 18 heavy (non-hydrogen) atoms. The van der Waals surface area contributed by atoms with E-state index in [-0.39, 0.29) is 5.75 Å². The van der Waals surface area contributed by atoms with E-state index in [0.717, 1.165) is 11.5 Å². The largest absolute Gasteiger partial charge is 0.508 e. The van der Waals surface area contributed by atoms with Gasteiger partial charge in [0.2, 0.25) is 0 Å². The molecule has 5 nitrogen and oxygen atoms in total. The quantitative estimate of drug-likeness (QED) is 0.651. The smallest absolute Gasteiger partial charge is 0.195 e. The van der Waals surface area contributed by atoms with Gasteiger partial charge in [0.25, 0.3) is 0 Å². The summed E-state index contributed by atoms with van der Waals surface area (Å²) in [4.78, 5) is 8.34. The van der Waals surface area contributed by atoms with Crippen LogP contribution in [0, 0.1) is 0 Å². The maximum atomic E-state index is 9.77. The third-order valence-electron chi connectivity index (χ3n) is 2.48. The number of hydrogen-bond donors (Lipinski definition) is 1. The second-order valence-corrected chi connectivity index (χ2v) is 4.40. The zero-order valence-corrected chi connectivity index (χ0v) is 11.6. The van der Waals surface area contributed by atoms with Gasteiger partial charge in [0.1, 0.15) is 11.5 Å². The minimum absolute atomic E-state index is 0.233. The Hall–Kier alpha value is -1.91. The maximum absolute atomic E-state index is 9.77. The van der Waals surface area contributed by atoms with Crippen LogP contribution >= 0.6 is 0 Å². The second-order valence-electron chi connectivity index (χ2n) is 4.40. The SMILES string of the molecule is COc1ccc(O)c(CN=C(N(C)C)N(C)C)c1. The summed E-state index contributed by atoms with van der Waals surface area (Å²) in [7, 11) is 9.34. The van der Waals surface area contributed by atoms with Crippen molar-refractivity contribution in [2.75, 3.05) is 35.3 Å². The predicted molar refractivity (Wildman–Crippen MR) is 73.2 cm³/mol. The van der Waals surface area contributed by atoms with Crippen molar-refractivity contribution in [1.29, 1.82) is 0 Å². The summed E-state index contributed by atoms with van der Waals surface area (Å²) < 4.78 is 5.13. The fourth-order valence-corrected chi connectivity index (χ4v) is 1.65. The normalized spacial score (nSPS) is 9.83. The van der Waals surface area contributed by atoms with E-state index in [0.29, 0.717) is 12.3 Å². The molecule has 1 rings (SSSR count). The molecule has 1 N–H and O–H groups in total. The van der Waals surface area contributed by atoms with Crippen LogP contribution in [0.4, 0.5) is 0 Å². The summed E-state index contributed by atoms with van der Waals surface area (Å²) in [5.41, 5.74) is 0.746. The molecule has 0 bridgehead atoms. The van der Waals surface area contributed by atoms with Crippen molar-refractivity contribution in [2.45, 2.75) is 6.54 Å². The van der Waals surface area contributed by atoms with E-state index >= 15 is 0 Å². The van der Waals surface area contributed by atoms with Crippen LogP contribution in [0.1, 0.15) is 5.56 Å². The number of phenolic OH excluding ortho intramolecular Hbond substituents is 1. The van der Waals surface area contributed by atoms with Gasteiger partial charge in [-0.2, -0.15) is 0 Å². The third kappa shape index (κ3) is 3.55. The minimum Gasteiger partial charge on any atom is -0.508 e. The average Bonchev–Trinajstić information content (AvgIpc) is 2.30. The molecule has 0 aromatic heterocycles. The molecular formula is C13H21N3O2. The lowest BCUT2D eigenvalue weighted by Crippen LogP contribution is -2.35. The highest BCUT2D eigenvalue weighted by Gasteiger charge is 2.06. The lowest BCUT2D eigenvalue weighted by atomic mass is 10.2. The first-order valence-corrected chi connectivity index (χ1v) is 5.70. The molecule has 0 aliphatic heterocycles. The molecular weight excluding hydrogens is 230 g/mol. The third-order valence-corrected chi connectivity index (χ3v) is 2.48. The topological polar surface area (TPSA) is 48.3 Å². The van der Waals surface area contributed by atoms with Crippen molar-refractivity contribution < 1.29 is 9.84 Å². The fourth-order valence-electron chi connectivity index (χ4n) is 1.65. The number of benzene rings is 1. The molecule has 5 heteroatoms. The number of phenols is 1. The Morgan fingerprint density at radius 2 is 1.83 bits per heavy atom. The molecule has 0 aliphatic rings. The summed E-state index contributed by atoms with van der Waals surface area (Å²) in [5.74, 6) is 1.79. The van der Waals surface area contributed by atoms with E-state index in [9.17, 15) is 5.11 Å². The molecule has 0 unspecified atom stereocenters. The Morgan fingerprint density at radius 1 is 1.22 bits per heavy atom. The van der Waals surface area contributed by atoms with Gasteiger partial charge >= 0.3 is 0 Å². The molecule has 0 saturated carbocycles. The van der Waals surface area contributed by atoms with Crippen molar-refractivity contribution in [3.63, 3.8) is 0 Å². The molecule has 100 valence electrons. The maximum Gasteiger partial charge on any atom is 0.195 e. The van der Waals surface area contributed by atoms with Gasteiger partial charge in [0, 0.05) is 33.8 Å². The molecule has 0 fully saturated rings. The number of rotatable bonds is 3. The standard InChI is InChI=1S/C13H21N3O2/c1-15(2)13(16(3)4)14-9-10-8-11(18-5)6-7-12(10)17/h6-8,17H,9H2,1-5H3. The van der Waals surface area contributed by atoms with Gasteiger partial charge in [0.15, 0.2) is 5.96 Å². The molecule has 0 saturated heterocycles. The van der Waals surface area contributed by atoms with Crippen molar-refractivity contribution in [3.05, 3.63) is 23.8 Å². The van der Waals surface area contributed by atoms with E-state index in [4.69, 9.17) is 4.74 Å². The van der Waals surface area contributed by atoms with Gasteiger partial charge in [0.05, 0.1) is 13.7 Å². The molecule has 1 aromatic rings. The number of aromatic hydroxyl groups is 1. The van der Waals surface area contributed by atoms with E-state index in [1.807, 2.05) is 38.0 Å². The highest BCUT2D eigenvalue weighted by Crippen LogP contribution is 2.23. The highest BCUT2D eigenvalue weighted by atomic mass is 16.5. The number of aliphatic imine (C=N–C) groups is 1.